The van der Waals surface area contributed by atoms with Crippen molar-refractivity contribution in [2.75, 3.05) is 13.3 Å². The average Bonchev–Trinajstić information content (AvgIpc) is 3.70. The average molecular weight is 636 g/mol. The maximum Gasteiger partial charge on any atom is 0.361 e. The second kappa shape index (κ2) is 14.8. The predicted octanol–water partition coefficient (Wildman–Crippen LogP) is 5.14. The minimum Gasteiger partial charge on any atom is -0.569 e. The smallest absolute Gasteiger partial charge is 0.361 e. The zero-order valence-electron chi connectivity index (χ0n) is 25.1. The first-order chi connectivity index (χ1) is 21.9. The van der Waals surface area contributed by atoms with Gasteiger partial charge in [-0.3, -0.25) is 4.79 Å². The van der Waals surface area contributed by atoms with Gasteiger partial charge < -0.3 is 19.3 Å². The molecule has 15 heteroatoms. The lowest BCUT2D eigenvalue weighted by atomic mass is 9.98. The Labute approximate surface area is 264 Å². The Morgan fingerprint density at radius 3 is 2.64 bits per heavy atom. The number of aromatic nitrogens is 6. The molecule has 1 unspecified atom stereocenters. The Morgan fingerprint density at radius 1 is 1.16 bits per heavy atom. The predicted molar refractivity (Wildman–Crippen MR) is 162 cm³/mol. The maximum atomic E-state index is 13.2. The Balaban J connectivity index is 1.30. The van der Waals surface area contributed by atoms with Crippen molar-refractivity contribution in [3.63, 3.8) is 0 Å². The number of hydrogen-bond acceptors (Lipinski definition) is 10. The maximum absolute atomic E-state index is 13.2. The van der Waals surface area contributed by atoms with E-state index in [0.717, 1.165) is 47.9 Å². The zero-order chi connectivity index (χ0) is 31.8. The molecule has 1 atom stereocenters. The van der Waals surface area contributed by atoms with Gasteiger partial charge in [0, 0.05) is 18.5 Å². The number of rotatable bonds is 13. The van der Waals surface area contributed by atoms with Gasteiger partial charge in [0.1, 0.15) is 11.9 Å². The largest absolute Gasteiger partial charge is 0.569 e. The van der Waals surface area contributed by atoms with E-state index in [-0.39, 0.29) is 21.6 Å². The number of tetrazole rings is 1. The number of unbranched alkanes of at least 4 members (excludes halogenated alkanes) is 1. The van der Waals surface area contributed by atoms with Crippen LogP contribution in [0.5, 0.6) is 0 Å². The van der Waals surface area contributed by atoms with Crippen molar-refractivity contribution in [1.29, 1.82) is 0 Å². The van der Waals surface area contributed by atoms with Crippen molar-refractivity contribution < 1.29 is 24.1 Å². The minimum atomic E-state index is -0.770. The van der Waals surface area contributed by atoms with Crippen LogP contribution in [-0.2, 0) is 27.3 Å². The Morgan fingerprint density at radius 2 is 1.93 bits per heavy atom. The Bertz CT molecular complexity index is 1640. The summed E-state index contributed by atoms with van der Waals surface area (Å²) < 4.78 is 7.01. The molecular formula is C30H34ClN9O5. The van der Waals surface area contributed by atoms with Crippen LogP contribution in [0.1, 0.15) is 67.8 Å². The molecule has 1 aliphatic rings. The fraction of sp³-hybridized carbons (Fsp3) is 0.400. The summed E-state index contributed by atoms with van der Waals surface area (Å²) in [6.07, 6.45) is 4.57. The van der Waals surface area contributed by atoms with Crippen molar-refractivity contribution in [3.8, 4) is 22.5 Å². The van der Waals surface area contributed by atoms with Crippen molar-refractivity contribution in [1.82, 2.24) is 35.2 Å². The van der Waals surface area contributed by atoms with E-state index in [1.54, 1.807) is 4.57 Å². The lowest BCUT2D eigenvalue weighted by molar-refractivity contribution is -0.718. The van der Waals surface area contributed by atoms with Crippen LogP contribution < -0.4 is 0 Å². The van der Waals surface area contributed by atoms with Crippen LogP contribution in [0, 0.1) is 5.21 Å². The third-order valence-corrected chi connectivity index (χ3v) is 7.87. The molecule has 1 aliphatic heterocycles. The van der Waals surface area contributed by atoms with Gasteiger partial charge in [0.15, 0.2) is 16.6 Å². The number of imidazole rings is 1. The molecule has 0 amide bonds. The van der Waals surface area contributed by atoms with Crippen LogP contribution >= 0.6 is 11.6 Å². The van der Waals surface area contributed by atoms with Crippen LogP contribution in [0.25, 0.3) is 22.5 Å². The van der Waals surface area contributed by atoms with Crippen molar-refractivity contribution in [3.05, 3.63) is 76.0 Å². The van der Waals surface area contributed by atoms with Gasteiger partial charge >= 0.3 is 5.97 Å². The number of aryl methyl sites for hydroxylation is 1. The normalized spacial score (nSPS) is 15.2. The van der Waals surface area contributed by atoms with Crippen LogP contribution in [0.15, 0.2) is 53.8 Å². The number of nitrogens with one attached hydrogen (secondary N) is 1. The van der Waals surface area contributed by atoms with Gasteiger partial charge in [0.2, 0.25) is 11.1 Å². The number of aromatic amines is 1. The lowest BCUT2D eigenvalue weighted by Crippen LogP contribution is -2.47. The van der Waals surface area contributed by atoms with E-state index in [4.69, 9.17) is 21.2 Å². The molecule has 2 aromatic heterocycles. The summed E-state index contributed by atoms with van der Waals surface area (Å²) in [7, 11) is 0. The molecule has 0 aliphatic carbocycles. The van der Waals surface area contributed by atoms with E-state index in [1.165, 1.54) is 11.9 Å². The number of ketones is 1. The summed E-state index contributed by atoms with van der Waals surface area (Å²) >= 11 is 6.46. The number of H-pyrrole nitrogens is 1. The molecule has 4 aromatic rings. The number of ether oxygens (including phenoxy) is 1. The molecule has 0 spiro atoms. The molecule has 5 rings (SSSR count). The first kappa shape index (κ1) is 31.6. The number of Topliss-reactive ketones (excluding diaryl/α,β-unsaturated/α-hetero) is 1. The summed E-state index contributed by atoms with van der Waals surface area (Å²) in [5, 5.41) is 31.6. The monoisotopic (exact) mass is 635 g/mol. The van der Waals surface area contributed by atoms with Crippen LogP contribution in [0.3, 0.4) is 0 Å². The number of nitrogens with zero attached hydrogens (tertiary/aromatic N) is 8. The number of piperidine rings is 1. The van der Waals surface area contributed by atoms with Gasteiger partial charge in [-0.05, 0) is 54.5 Å². The molecule has 1 N–H and O–H groups in total. The van der Waals surface area contributed by atoms with E-state index in [9.17, 15) is 14.8 Å². The molecule has 1 fully saturated rings. The third-order valence-electron chi connectivity index (χ3n) is 7.60. The number of esters is 1. The lowest BCUT2D eigenvalue weighted by Gasteiger charge is -2.29. The highest BCUT2D eigenvalue weighted by atomic mass is 35.5. The summed E-state index contributed by atoms with van der Waals surface area (Å²) in [6.45, 7) is 3.57. The fourth-order valence-corrected chi connectivity index (χ4v) is 5.61. The van der Waals surface area contributed by atoms with Crippen molar-refractivity contribution in [2.24, 2.45) is 5.28 Å². The van der Waals surface area contributed by atoms with Gasteiger partial charge in [-0.15, -0.1) is 15.2 Å². The van der Waals surface area contributed by atoms with Crippen LogP contribution in [0.2, 0.25) is 5.15 Å². The van der Waals surface area contributed by atoms with Gasteiger partial charge in [-0.2, -0.15) is 5.21 Å². The molecule has 45 heavy (non-hydrogen) atoms. The molecule has 14 nitrogen and oxygen atoms in total. The standard InChI is InChI=1S/C30H34ClN9O5/c1-3-4-12-26-32-28(31)27(30(42)44-19-45-37-40(43)39-17-8-7-11-25(39)20(2)41)38(26)18-21-13-15-22(16-14-21)23-9-5-6-10-24(23)29-33-35-36-34-29/h5-6,9-10,13-16,25H,3-4,7-8,11-12,17-19H2,1-2H3,(H,33,34,35,36)/b40-37-. The Hall–Kier alpha value is -4.85. The minimum absolute atomic E-state index is 0.0109. The topological polar surface area (TPSA) is 167 Å². The van der Waals surface area contributed by atoms with Crippen molar-refractivity contribution >= 4 is 23.4 Å². The van der Waals surface area contributed by atoms with E-state index in [0.29, 0.717) is 37.6 Å². The van der Waals surface area contributed by atoms with Gasteiger partial charge in [0.05, 0.1) is 11.5 Å². The van der Waals surface area contributed by atoms with Gasteiger partial charge in [0.25, 0.3) is 6.79 Å². The van der Waals surface area contributed by atoms with E-state index in [1.807, 2.05) is 48.5 Å². The number of hydrazine groups is 1. The first-order valence-corrected chi connectivity index (χ1v) is 15.2. The van der Waals surface area contributed by atoms with E-state index >= 15 is 0 Å². The highest BCUT2D eigenvalue weighted by Gasteiger charge is 2.32. The fourth-order valence-electron chi connectivity index (χ4n) is 5.34. The summed E-state index contributed by atoms with van der Waals surface area (Å²) in [4.78, 5) is 34.8. The SMILES string of the molecule is CCCCc1nc(Cl)c(C(=O)OCO/N=[N+](\[O-])N2CCCCC2C(C)=O)n1Cc1ccc(-c2ccccc2-c2nn[nH]n2)cc1. The number of carbonyl (C=O) groups is 2. The molecule has 1 saturated heterocycles. The molecule has 3 heterocycles. The Kier molecular flexibility index (Phi) is 10.3. The highest BCUT2D eigenvalue weighted by Crippen LogP contribution is 2.30. The quantitative estimate of drug-likeness (QED) is 0.0519. The molecular weight excluding hydrogens is 602 g/mol. The molecule has 236 valence electrons. The van der Waals surface area contributed by atoms with Crippen molar-refractivity contribution in [2.45, 2.75) is 65.0 Å². The second-order valence-electron chi connectivity index (χ2n) is 10.6. The highest BCUT2D eigenvalue weighted by molar-refractivity contribution is 6.32. The number of hydrogen-bond donors (Lipinski definition) is 1. The summed E-state index contributed by atoms with van der Waals surface area (Å²) in [6, 6.07) is 15.1. The third kappa shape index (κ3) is 7.45. The van der Waals surface area contributed by atoms with Gasteiger partial charge in [-0.25, -0.2) is 9.78 Å². The molecule has 0 radical (unpaired) electrons. The molecule has 0 bridgehead atoms. The van der Waals surface area contributed by atoms with Crippen LogP contribution in [-0.4, -0.2) is 71.3 Å². The summed E-state index contributed by atoms with van der Waals surface area (Å²) in [5.74, 6) is 0.255. The number of halogens is 1. The summed E-state index contributed by atoms with van der Waals surface area (Å²) in [5.41, 5.74) is 3.73. The molecule has 0 saturated carbocycles. The first-order valence-electron chi connectivity index (χ1n) is 14.8. The molecule has 2 aromatic carbocycles. The van der Waals surface area contributed by atoms with Crippen LogP contribution in [0.4, 0.5) is 0 Å². The number of benzene rings is 2. The second-order valence-corrected chi connectivity index (χ2v) is 11.0. The van der Waals surface area contributed by atoms with E-state index < -0.39 is 18.8 Å². The van der Waals surface area contributed by atoms with E-state index in [2.05, 4.69) is 37.8 Å². The zero-order valence-corrected chi connectivity index (χ0v) is 25.8. The van der Waals surface area contributed by atoms with Gasteiger partial charge in [-0.1, -0.05) is 73.5 Å². The number of carbonyl (C=O) groups excluding carboxylic acids is 2.